The van der Waals surface area contributed by atoms with Gasteiger partial charge in [0.15, 0.2) is 0 Å². The zero-order valence-corrected chi connectivity index (χ0v) is 8.56. The lowest BCUT2D eigenvalue weighted by molar-refractivity contribution is 0.202. The Morgan fingerprint density at radius 2 is 2.33 bits per heavy atom. The number of hydrogen-bond acceptors (Lipinski definition) is 2. The van der Waals surface area contributed by atoms with E-state index in [-0.39, 0.29) is 0 Å². The van der Waals surface area contributed by atoms with Gasteiger partial charge < -0.3 is 9.84 Å². The van der Waals surface area contributed by atoms with Gasteiger partial charge in [-0.05, 0) is 31.0 Å². The highest BCUT2D eigenvalue weighted by Gasteiger charge is 2.21. The molecule has 0 aliphatic carbocycles. The van der Waals surface area contributed by atoms with E-state index in [0.717, 1.165) is 12.0 Å². The maximum atomic E-state index is 11.0. The van der Waals surface area contributed by atoms with Crippen molar-refractivity contribution in [3.05, 3.63) is 23.8 Å². The highest BCUT2D eigenvalue weighted by molar-refractivity contribution is 5.88. The summed E-state index contributed by atoms with van der Waals surface area (Å²) in [5.41, 5.74) is 1.71. The van der Waals surface area contributed by atoms with Crippen LogP contribution in [-0.4, -0.2) is 24.4 Å². The Hall–Kier alpha value is -1.71. The van der Waals surface area contributed by atoms with Gasteiger partial charge in [0.05, 0.1) is 12.3 Å². The Balaban J connectivity index is 2.45. The standard InChI is InChI=1S/C11H13NO3/c1-8-3-4-9-10(7-8)15-6-2-5-12(9)11(13)14/h3-4,7H,2,5-6H2,1H3,(H,13,14). The molecule has 0 spiro atoms. The van der Waals surface area contributed by atoms with Gasteiger partial charge in [-0.2, -0.15) is 0 Å². The van der Waals surface area contributed by atoms with Crippen LogP contribution in [0.2, 0.25) is 0 Å². The maximum Gasteiger partial charge on any atom is 0.411 e. The monoisotopic (exact) mass is 207 g/mol. The molecule has 0 saturated heterocycles. The second kappa shape index (κ2) is 3.81. The summed E-state index contributed by atoms with van der Waals surface area (Å²) in [5, 5.41) is 9.05. The number of anilines is 1. The lowest BCUT2D eigenvalue weighted by Crippen LogP contribution is -2.29. The second-order valence-electron chi connectivity index (χ2n) is 3.61. The Bertz CT molecular complexity index is 389. The van der Waals surface area contributed by atoms with Crippen molar-refractivity contribution in [2.24, 2.45) is 0 Å². The van der Waals surface area contributed by atoms with Crippen LogP contribution in [0.15, 0.2) is 18.2 Å². The summed E-state index contributed by atoms with van der Waals surface area (Å²) in [5.74, 6) is 0.662. The molecule has 0 atom stereocenters. The first-order chi connectivity index (χ1) is 7.18. The summed E-state index contributed by atoms with van der Waals surface area (Å²) in [6.45, 7) is 3.02. The first-order valence-electron chi connectivity index (χ1n) is 4.92. The average Bonchev–Trinajstić information content (AvgIpc) is 2.38. The molecular weight excluding hydrogens is 194 g/mol. The van der Waals surface area contributed by atoms with Crippen molar-refractivity contribution >= 4 is 11.8 Å². The van der Waals surface area contributed by atoms with Crippen LogP contribution < -0.4 is 9.64 Å². The molecule has 0 bridgehead atoms. The van der Waals surface area contributed by atoms with Gasteiger partial charge in [0.1, 0.15) is 5.75 Å². The van der Waals surface area contributed by atoms with Crippen LogP contribution in [0.1, 0.15) is 12.0 Å². The number of amides is 1. The van der Waals surface area contributed by atoms with Gasteiger partial charge in [-0.1, -0.05) is 6.07 Å². The van der Waals surface area contributed by atoms with Gasteiger partial charge in [-0.15, -0.1) is 0 Å². The van der Waals surface area contributed by atoms with E-state index in [1.807, 2.05) is 19.1 Å². The normalized spacial score (nSPS) is 15.1. The lowest BCUT2D eigenvalue weighted by Gasteiger charge is -2.18. The third kappa shape index (κ3) is 1.88. The number of ether oxygens (including phenoxy) is 1. The van der Waals surface area contributed by atoms with Crippen LogP contribution in [0.4, 0.5) is 10.5 Å². The summed E-state index contributed by atoms with van der Waals surface area (Å²) >= 11 is 0. The molecule has 15 heavy (non-hydrogen) atoms. The predicted molar refractivity (Wildman–Crippen MR) is 56.7 cm³/mol. The largest absolute Gasteiger partial charge is 0.491 e. The zero-order chi connectivity index (χ0) is 10.8. The molecule has 1 amide bonds. The van der Waals surface area contributed by atoms with Crippen molar-refractivity contribution in [1.82, 2.24) is 0 Å². The van der Waals surface area contributed by atoms with Crippen molar-refractivity contribution in [3.8, 4) is 5.75 Å². The molecule has 4 heteroatoms. The number of benzene rings is 1. The lowest BCUT2D eigenvalue weighted by atomic mass is 10.2. The summed E-state index contributed by atoms with van der Waals surface area (Å²) < 4.78 is 5.50. The van der Waals surface area contributed by atoms with Crippen molar-refractivity contribution < 1.29 is 14.6 Å². The van der Waals surface area contributed by atoms with E-state index in [9.17, 15) is 4.79 Å². The summed E-state index contributed by atoms with van der Waals surface area (Å²) in [4.78, 5) is 12.4. The summed E-state index contributed by atoms with van der Waals surface area (Å²) in [7, 11) is 0. The van der Waals surface area contributed by atoms with Gasteiger partial charge in [-0.25, -0.2) is 4.79 Å². The number of carboxylic acid groups (broad SMARTS) is 1. The van der Waals surface area contributed by atoms with E-state index >= 15 is 0 Å². The van der Waals surface area contributed by atoms with Gasteiger partial charge in [0, 0.05) is 6.54 Å². The SMILES string of the molecule is Cc1ccc2c(c1)OCCCN2C(=O)O. The quantitative estimate of drug-likeness (QED) is 0.709. The van der Waals surface area contributed by atoms with Crippen molar-refractivity contribution in [1.29, 1.82) is 0 Å². The molecule has 2 rings (SSSR count). The van der Waals surface area contributed by atoms with E-state index in [0.29, 0.717) is 24.6 Å². The Morgan fingerprint density at radius 1 is 1.53 bits per heavy atom. The van der Waals surface area contributed by atoms with Crippen molar-refractivity contribution in [2.45, 2.75) is 13.3 Å². The highest BCUT2D eigenvalue weighted by atomic mass is 16.5. The molecule has 1 aromatic rings. The molecule has 80 valence electrons. The van der Waals surface area contributed by atoms with E-state index in [4.69, 9.17) is 9.84 Å². The van der Waals surface area contributed by atoms with Gasteiger partial charge >= 0.3 is 6.09 Å². The molecule has 1 aliphatic rings. The van der Waals surface area contributed by atoms with Crippen LogP contribution in [0, 0.1) is 6.92 Å². The second-order valence-corrected chi connectivity index (χ2v) is 3.61. The fourth-order valence-corrected chi connectivity index (χ4v) is 1.68. The Labute approximate surface area is 88.1 Å². The Kier molecular flexibility index (Phi) is 2.49. The minimum absolute atomic E-state index is 0.491. The molecule has 0 saturated carbocycles. The fourth-order valence-electron chi connectivity index (χ4n) is 1.68. The van der Waals surface area contributed by atoms with Crippen LogP contribution in [-0.2, 0) is 0 Å². The number of rotatable bonds is 0. The molecule has 1 heterocycles. The van der Waals surface area contributed by atoms with Gasteiger partial charge in [-0.3, -0.25) is 4.90 Å². The third-order valence-electron chi connectivity index (χ3n) is 2.42. The van der Waals surface area contributed by atoms with Crippen molar-refractivity contribution in [3.63, 3.8) is 0 Å². The molecule has 4 nitrogen and oxygen atoms in total. The summed E-state index contributed by atoms with van der Waals surface area (Å²) in [6.07, 6.45) is -0.203. The van der Waals surface area contributed by atoms with Crippen LogP contribution in [0.25, 0.3) is 0 Å². The maximum absolute atomic E-state index is 11.0. The highest BCUT2D eigenvalue weighted by Crippen LogP contribution is 2.31. The molecule has 1 aliphatic heterocycles. The van der Waals surface area contributed by atoms with Crippen molar-refractivity contribution in [2.75, 3.05) is 18.1 Å². The molecule has 0 radical (unpaired) electrons. The Morgan fingerprint density at radius 3 is 3.07 bits per heavy atom. The number of aryl methyl sites for hydroxylation is 1. The van der Waals surface area contributed by atoms with Crippen LogP contribution in [0.5, 0.6) is 5.75 Å². The minimum Gasteiger partial charge on any atom is -0.491 e. The smallest absolute Gasteiger partial charge is 0.411 e. The molecule has 0 aromatic heterocycles. The van der Waals surface area contributed by atoms with E-state index in [1.165, 1.54) is 4.90 Å². The van der Waals surface area contributed by atoms with E-state index < -0.39 is 6.09 Å². The minimum atomic E-state index is -0.925. The first kappa shape index (κ1) is 9.83. The van der Waals surface area contributed by atoms with Gasteiger partial charge in [0.25, 0.3) is 0 Å². The zero-order valence-electron chi connectivity index (χ0n) is 8.56. The molecular formula is C11H13NO3. The predicted octanol–water partition coefficient (Wildman–Crippen LogP) is 2.26. The topological polar surface area (TPSA) is 49.8 Å². The third-order valence-corrected chi connectivity index (χ3v) is 2.42. The van der Waals surface area contributed by atoms with Crippen LogP contribution >= 0.6 is 0 Å². The average molecular weight is 207 g/mol. The summed E-state index contributed by atoms with van der Waals surface area (Å²) in [6, 6.07) is 5.56. The number of fused-ring (bicyclic) bond motifs is 1. The molecule has 1 aromatic carbocycles. The molecule has 1 N–H and O–H groups in total. The molecule has 0 unspecified atom stereocenters. The number of hydrogen-bond donors (Lipinski definition) is 1. The fraction of sp³-hybridized carbons (Fsp3) is 0.364. The number of nitrogens with zero attached hydrogens (tertiary/aromatic N) is 1. The van der Waals surface area contributed by atoms with Crippen LogP contribution in [0.3, 0.4) is 0 Å². The van der Waals surface area contributed by atoms with E-state index in [1.54, 1.807) is 6.07 Å². The number of carbonyl (C=O) groups is 1. The first-order valence-corrected chi connectivity index (χ1v) is 4.92. The van der Waals surface area contributed by atoms with E-state index in [2.05, 4.69) is 0 Å². The van der Waals surface area contributed by atoms with Gasteiger partial charge in [0.2, 0.25) is 0 Å². The molecule has 0 fully saturated rings.